The molecule has 2 aromatic rings. The number of nitrogens with one attached hydrogen (secondary N) is 2. The fraction of sp³-hybridized carbons (Fsp3) is 0.350. The van der Waals surface area contributed by atoms with E-state index < -0.39 is 0 Å². The van der Waals surface area contributed by atoms with Gasteiger partial charge in [-0.25, -0.2) is 5.43 Å². The van der Waals surface area contributed by atoms with Crippen LogP contribution in [-0.4, -0.2) is 36.8 Å². The van der Waals surface area contributed by atoms with E-state index in [0.29, 0.717) is 5.56 Å². The van der Waals surface area contributed by atoms with Crippen molar-refractivity contribution in [2.24, 2.45) is 5.10 Å². The van der Waals surface area contributed by atoms with Crippen molar-refractivity contribution in [3.63, 3.8) is 0 Å². The van der Waals surface area contributed by atoms with Gasteiger partial charge >= 0.3 is 0 Å². The third-order valence-corrected chi connectivity index (χ3v) is 4.41. The van der Waals surface area contributed by atoms with E-state index in [1.165, 1.54) is 4.90 Å². The van der Waals surface area contributed by atoms with Gasteiger partial charge in [0.25, 0.3) is 5.91 Å². The van der Waals surface area contributed by atoms with Crippen LogP contribution in [0.2, 0.25) is 0 Å². The highest BCUT2D eigenvalue weighted by Crippen LogP contribution is 2.19. The highest BCUT2D eigenvalue weighted by atomic mass is 16.5. The minimum atomic E-state index is -0.256. The van der Waals surface area contributed by atoms with Gasteiger partial charge in [0.15, 0.2) is 0 Å². The van der Waals surface area contributed by atoms with Crippen LogP contribution in [0, 0.1) is 0 Å². The van der Waals surface area contributed by atoms with Crippen molar-refractivity contribution in [2.45, 2.75) is 27.3 Å². The van der Waals surface area contributed by atoms with Crippen molar-refractivity contribution in [3.8, 4) is 5.75 Å². The van der Waals surface area contributed by atoms with Crippen LogP contribution in [0.5, 0.6) is 5.75 Å². The lowest BCUT2D eigenvalue weighted by atomic mass is 10.1. The number of quaternary nitrogens is 1. The summed E-state index contributed by atoms with van der Waals surface area (Å²) in [5, 5.41) is 4.24. The van der Waals surface area contributed by atoms with E-state index in [-0.39, 0.29) is 5.91 Å². The van der Waals surface area contributed by atoms with E-state index in [1.807, 2.05) is 19.1 Å². The predicted octanol–water partition coefficient (Wildman–Crippen LogP) is 1.67. The highest BCUT2D eigenvalue weighted by Gasteiger charge is 2.12. The van der Waals surface area contributed by atoms with E-state index in [4.69, 9.17) is 4.74 Å². The molecule has 1 aromatic carbocycles. The first-order valence-electron chi connectivity index (χ1n) is 8.84. The lowest BCUT2D eigenvalue weighted by Crippen LogP contribution is -3.10. The molecule has 26 heavy (non-hydrogen) atoms. The molecule has 6 nitrogen and oxygen atoms in total. The molecule has 0 unspecified atom stereocenters. The maximum absolute atomic E-state index is 12.1. The normalized spacial score (nSPS) is 11.5. The summed E-state index contributed by atoms with van der Waals surface area (Å²) in [6.07, 6.45) is 3.16. The molecule has 0 aliphatic carbocycles. The van der Waals surface area contributed by atoms with Gasteiger partial charge in [-0.2, -0.15) is 5.10 Å². The zero-order valence-electron chi connectivity index (χ0n) is 15.9. The molecule has 0 fully saturated rings. The predicted molar refractivity (Wildman–Crippen MR) is 103 cm³/mol. The van der Waals surface area contributed by atoms with Crippen LogP contribution in [0.4, 0.5) is 0 Å². The highest BCUT2D eigenvalue weighted by molar-refractivity contribution is 6.01. The summed E-state index contributed by atoms with van der Waals surface area (Å²) in [6.45, 7) is 9.23. The second-order valence-corrected chi connectivity index (χ2v) is 6.03. The summed E-state index contributed by atoms with van der Waals surface area (Å²) in [5.41, 5.74) is 5.96. The number of hydrazone groups is 1. The Morgan fingerprint density at radius 3 is 2.46 bits per heavy atom. The van der Waals surface area contributed by atoms with Crippen molar-refractivity contribution < 1.29 is 14.4 Å². The lowest BCUT2D eigenvalue weighted by Gasteiger charge is -2.18. The molecule has 0 atom stereocenters. The van der Waals surface area contributed by atoms with Gasteiger partial charge in [0, 0.05) is 23.5 Å². The summed E-state index contributed by atoms with van der Waals surface area (Å²) < 4.78 is 5.50. The maximum Gasteiger partial charge on any atom is 0.271 e. The second kappa shape index (κ2) is 9.68. The van der Waals surface area contributed by atoms with E-state index >= 15 is 0 Å². The van der Waals surface area contributed by atoms with Crippen molar-refractivity contribution in [3.05, 3.63) is 59.4 Å². The molecule has 2 N–H and O–H groups in total. The van der Waals surface area contributed by atoms with Crippen LogP contribution in [0.1, 0.15) is 42.3 Å². The number of methoxy groups -OCH3 is 1. The lowest BCUT2D eigenvalue weighted by molar-refractivity contribution is -0.910. The van der Waals surface area contributed by atoms with E-state index in [2.05, 4.69) is 35.4 Å². The summed E-state index contributed by atoms with van der Waals surface area (Å²) in [5.74, 6) is 0.620. The van der Waals surface area contributed by atoms with Gasteiger partial charge in [-0.3, -0.25) is 9.78 Å². The number of nitrogens with zero attached hydrogens (tertiary/aromatic N) is 2. The minimum Gasteiger partial charge on any atom is -0.496 e. The molecule has 0 saturated carbocycles. The van der Waals surface area contributed by atoms with Gasteiger partial charge in [0.05, 0.1) is 25.9 Å². The first kappa shape index (κ1) is 19.6. The molecular weight excluding hydrogens is 328 g/mol. The molecule has 138 valence electrons. The monoisotopic (exact) mass is 355 g/mol. The van der Waals surface area contributed by atoms with Crippen LogP contribution >= 0.6 is 0 Å². The van der Waals surface area contributed by atoms with Crippen molar-refractivity contribution in [1.82, 2.24) is 10.4 Å². The van der Waals surface area contributed by atoms with E-state index in [1.54, 1.807) is 31.6 Å². The van der Waals surface area contributed by atoms with Gasteiger partial charge in [-0.05, 0) is 56.7 Å². The molecule has 2 rings (SSSR count). The number of hydrogen-bond donors (Lipinski definition) is 2. The topological polar surface area (TPSA) is 68.0 Å². The number of rotatable bonds is 8. The van der Waals surface area contributed by atoms with E-state index in [9.17, 15) is 4.79 Å². The molecule has 0 aliphatic heterocycles. The van der Waals surface area contributed by atoms with Crippen LogP contribution in [0.15, 0.2) is 47.8 Å². The number of amides is 1. The Labute approximate surface area is 154 Å². The average molecular weight is 355 g/mol. The Morgan fingerprint density at radius 2 is 1.85 bits per heavy atom. The van der Waals surface area contributed by atoms with Crippen LogP contribution < -0.4 is 15.1 Å². The number of aromatic nitrogens is 1. The van der Waals surface area contributed by atoms with E-state index in [0.717, 1.165) is 42.2 Å². The largest absolute Gasteiger partial charge is 0.496 e. The third kappa shape index (κ3) is 5.13. The van der Waals surface area contributed by atoms with Crippen molar-refractivity contribution in [2.75, 3.05) is 20.2 Å². The molecular formula is C20H27N4O2+. The molecule has 0 spiro atoms. The Kier molecular flexibility index (Phi) is 7.29. The van der Waals surface area contributed by atoms with Crippen molar-refractivity contribution >= 4 is 11.6 Å². The smallest absolute Gasteiger partial charge is 0.271 e. The Hall–Kier alpha value is -2.73. The summed E-state index contributed by atoms with van der Waals surface area (Å²) in [7, 11) is 1.69. The standard InChI is InChI=1S/C20H26N4O2/c1-5-24(6-2)14-18-13-17(7-8-19(18)26-4)15(3)22-23-20(25)16-9-11-21-12-10-16/h7-13H,5-6,14H2,1-4H3,(H,23,25)/p+1/b22-15-. The molecule has 1 amide bonds. The number of carbonyl (C=O) groups excluding carboxylic acids is 1. The second-order valence-electron chi connectivity index (χ2n) is 6.03. The number of pyridine rings is 1. The first-order chi connectivity index (χ1) is 12.6. The SMILES string of the molecule is CC[NH+](CC)Cc1cc(/C(C)=N\NC(=O)c2ccncc2)ccc1OC. The summed E-state index contributed by atoms with van der Waals surface area (Å²) in [4.78, 5) is 17.5. The van der Waals surface area contributed by atoms with Gasteiger partial charge in [0.2, 0.25) is 0 Å². The first-order valence-corrected chi connectivity index (χ1v) is 8.84. The van der Waals surface area contributed by atoms with Crippen LogP contribution in [-0.2, 0) is 6.54 Å². The maximum atomic E-state index is 12.1. The molecule has 0 bridgehead atoms. The summed E-state index contributed by atoms with van der Waals surface area (Å²) >= 11 is 0. The van der Waals surface area contributed by atoms with Gasteiger partial charge < -0.3 is 9.64 Å². The quantitative estimate of drug-likeness (QED) is 0.559. The zero-order valence-corrected chi connectivity index (χ0v) is 15.9. The minimum absolute atomic E-state index is 0.256. The summed E-state index contributed by atoms with van der Waals surface area (Å²) in [6, 6.07) is 9.30. The molecule has 0 aliphatic rings. The number of hydrogen-bond acceptors (Lipinski definition) is 4. The Balaban J connectivity index is 2.17. The Morgan fingerprint density at radius 1 is 1.15 bits per heavy atom. The van der Waals surface area contributed by atoms with Gasteiger partial charge in [0.1, 0.15) is 12.3 Å². The third-order valence-electron chi connectivity index (χ3n) is 4.41. The van der Waals surface area contributed by atoms with Gasteiger partial charge in [-0.15, -0.1) is 0 Å². The molecule has 1 aromatic heterocycles. The number of benzene rings is 1. The molecule has 0 radical (unpaired) electrons. The molecule has 0 saturated heterocycles. The van der Waals surface area contributed by atoms with Crippen molar-refractivity contribution in [1.29, 1.82) is 0 Å². The average Bonchev–Trinajstić information content (AvgIpc) is 2.70. The molecule has 6 heteroatoms. The fourth-order valence-electron chi connectivity index (χ4n) is 2.68. The number of ether oxygens (including phenoxy) is 1. The molecule has 1 heterocycles. The number of carbonyl (C=O) groups is 1. The Bertz CT molecular complexity index is 756. The van der Waals surface area contributed by atoms with Crippen LogP contribution in [0.25, 0.3) is 0 Å². The van der Waals surface area contributed by atoms with Crippen LogP contribution in [0.3, 0.4) is 0 Å². The van der Waals surface area contributed by atoms with Gasteiger partial charge in [-0.1, -0.05) is 0 Å². The fourth-order valence-corrected chi connectivity index (χ4v) is 2.68. The zero-order chi connectivity index (χ0) is 18.9.